The maximum atomic E-state index is 12.2. The van der Waals surface area contributed by atoms with Crippen molar-refractivity contribution >= 4 is 45.4 Å². The lowest BCUT2D eigenvalue weighted by molar-refractivity contribution is -0.121. The minimum Gasteiger partial charge on any atom is -0.353 e. The van der Waals surface area contributed by atoms with E-state index in [0.29, 0.717) is 12.1 Å². The quantitative estimate of drug-likeness (QED) is 0.676. The molecule has 1 fully saturated rings. The van der Waals surface area contributed by atoms with Gasteiger partial charge in [0.05, 0.1) is 6.42 Å². The lowest BCUT2D eigenvalue weighted by Gasteiger charge is -2.23. The van der Waals surface area contributed by atoms with Crippen LogP contribution in [0.15, 0.2) is 46.0 Å². The summed E-state index contributed by atoms with van der Waals surface area (Å²) in [5.41, 5.74) is 1.33. The molecule has 3 N–H and O–H groups in total. The number of hydrogen-bond donors (Lipinski definition) is 3. The molecule has 1 saturated heterocycles. The number of sulfonamides is 1. The number of carbonyl (C=O) groups is 1. The van der Waals surface area contributed by atoms with Crippen molar-refractivity contribution in [2.24, 2.45) is 0 Å². The highest BCUT2D eigenvalue weighted by molar-refractivity contribution is 7.94. The number of carbonyl (C=O) groups excluding carboxylic acids is 1. The smallest absolute Gasteiger partial charge is 0.271 e. The van der Waals surface area contributed by atoms with E-state index in [0.717, 1.165) is 31.5 Å². The van der Waals surface area contributed by atoms with Gasteiger partial charge in [0, 0.05) is 11.7 Å². The van der Waals surface area contributed by atoms with Gasteiger partial charge >= 0.3 is 0 Å². The molecule has 0 saturated carbocycles. The number of rotatable bonds is 6. The van der Waals surface area contributed by atoms with Crippen LogP contribution in [0.2, 0.25) is 0 Å². The fraction of sp³-hybridized carbons (Fsp3) is 0.353. The average molecular weight is 416 g/mol. The lowest BCUT2D eigenvalue weighted by Crippen LogP contribution is -2.43. The third kappa shape index (κ3) is 5.70. The SMILES string of the molecule is Cl.O=C(Cc1ccc(NS(=O)(=O)c2cccs2)cc1)NC1CCNCC1. The van der Waals surface area contributed by atoms with Crippen LogP contribution in [0.5, 0.6) is 0 Å². The largest absolute Gasteiger partial charge is 0.353 e. The Labute approximate surface area is 163 Å². The number of amides is 1. The first-order valence-corrected chi connectivity index (χ1v) is 10.5. The number of halogens is 1. The van der Waals surface area contributed by atoms with Crippen molar-refractivity contribution < 1.29 is 13.2 Å². The predicted molar refractivity (Wildman–Crippen MR) is 107 cm³/mol. The van der Waals surface area contributed by atoms with Gasteiger partial charge in [-0.15, -0.1) is 23.7 Å². The van der Waals surface area contributed by atoms with Crippen LogP contribution in [-0.4, -0.2) is 33.5 Å². The van der Waals surface area contributed by atoms with Gasteiger partial charge in [0.1, 0.15) is 4.21 Å². The predicted octanol–water partition coefficient (Wildman–Crippen LogP) is 2.38. The zero-order valence-corrected chi connectivity index (χ0v) is 16.6. The van der Waals surface area contributed by atoms with E-state index in [-0.39, 0.29) is 28.6 Å². The summed E-state index contributed by atoms with van der Waals surface area (Å²) in [6.45, 7) is 1.87. The van der Waals surface area contributed by atoms with Crippen molar-refractivity contribution in [1.82, 2.24) is 10.6 Å². The van der Waals surface area contributed by atoms with E-state index in [2.05, 4.69) is 15.4 Å². The third-order valence-electron chi connectivity index (χ3n) is 4.04. The first-order chi connectivity index (χ1) is 12.0. The Bertz CT molecular complexity index is 802. The van der Waals surface area contributed by atoms with Gasteiger partial charge < -0.3 is 10.6 Å². The summed E-state index contributed by atoms with van der Waals surface area (Å²) in [6.07, 6.45) is 2.20. The fourth-order valence-corrected chi connectivity index (χ4v) is 4.79. The van der Waals surface area contributed by atoms with Crippen molar-refractivity contribution in [3.8, 4) is 0 Å². The number of piperidine rings is 1. The van der Waals surface area contributed by atoms with Crippen LogP contribution < -0.4 is 15.4 Å². The monoisotopic (exact) mass is 415 g/mol. The van der Waals surface area contributed by atoms with Crippen molar-refractivity contribution in [3.05, 3.63) is 47.3 Å². The van der Waals surface area contributed by atoms with E-state index in [1.165, 1.54) is 11.3 Å². The van der Waals surface area contributed by atoms with Crippen LogP contribution in [0.25, 0.3) is 0 Å². The maximum Gasteiger partial charge on any atom is 0.271 e. The second-order valence-corrected chi connectivity index (χ2v) is 8.86. The van der Waals surface area contributed by atoms with Gasteiger partial charge in [0.2, 0.25) is 5.91 Å². The molecule has 1 amide bonds. The molecule has 26 heavy (non-hydrogen) atoms. The van der Waals surface area contributed by atoms with Crippen LogP contribution in [-0.2, 0) is 21.2 Å². The summed E-state index contributed by atoms with van der Waals surface area (Å²) >= 11 is 1.17. The fourth-order valence-electron chi connectivity index (χ4n) is 2.74. The molecule has 142 valence electrons. The summed E-state index contributed by atoms with van der Waals surface area (Å²) in [5.74, 6) is -0.00110. The zero-order chi connectivity index (χ0) is 17.7. The molecule has 2 heterocycles. The van der Waals surface area contributed by atoms with Gasteiger partial charge in [-0.1, -0.05) is 18.2 Å². The number of hydrogen-bond acceptors (Lipinski definition) is 5. The number of nitrogens with one attached hydrogen (secondary N) is 3. The summed E-state index contributed by atoms with van der Waals surface area (Å²) in [5, 5.41) is 8.04. The van der Waals surface area contributed by atoms with Crippen molar-refractivity contribution in [2.45, 2.75) is 29.5 Å². The highest BCUT2D eigenvalue weighted by Crippen LogP contribution is 2.20. The molecule has 1 aromatic heterocycles. The standard InChI is InChI=1S/C17H21N3O3S2.ClH/c21-16(19-14-7-9-18-10-8-14)12-13-3-5-15(6-4-13)20-25(22,23)17-2-1-11-24-17;/h1-6,11,14,18,20H,7-10,12H2,(H,19,21);1H. The summed E-state index contributed by atoms with van der Waals surface area (Å²) in [4.78, 5) is 12.1. The molecule has 6 nitrogen and oxygen atoms in total. The Balaban J connectivity index is 0.00000243. The highest BCUT2D eigenvalue weighted by atomic mass is 35.5. The van der Waals surface area contributed by atoms with Gasteiger partial charge in [-0.05, 0) is 55.1 Å². The van der Waals surface area contributed by atoms with Crippen molar-refractivity contribution in [2.75, 3.05) is 17.8 Å². The molecule has 9 heteroatoms. The zero-order valence-electron chi connectivity index (χ0n) is 14.1. The second kappa shape index (κ2) is 9.36. The number of thiophene rings is 1. The Morgan fingerprint density at radius 2 is 1.85 bits per heavy atom. The first kappa shape index (κ1) is 20.7. The van der Waals surface area contributed by atoms with Crippen molar-refractivity contribution in [1.29, 1.82) is 0 Å². The highest BCUT2D eigenvalue weighted by Gasteiger charge is 2.16. The summed E-state index contributed by atoms with van der Waals surface area (Å²) in [6, 6.07) is 10.4. The van der Waals surface area contributed by atoms with Gasteiger partial charge in [-0.3, -0.25) is 9.52 Å². The van der Waals surface area contributed by atoms with Crippen LogP contribution in [0.1, 0.15) is 18.4 Å². The molecule has 0 spiro atoms. The number of anilines is 1. The molecule has 0 unspecified atom stereocenters. The molecule has 0 aliphatic carbocycles. The minimum absolute atomic E-state index is 0. The molecule has 3 rings (SSSR count). The van der Waals surface area contributed by atoms with Crippen LogP contribution in [0.3, 0.4) is 0 Å². The molecular formula is C17H22ClN3O3S2. The van der Waals surface area contributed by atoms with E-state index < -0.39 is 10.0 Å². The van der Waals surface area contributed by atoms with E-state index in [4.69, 9.17) is 0 Å². The van der Waals surface area contributed by atoms with Gasteiger partial charge in [0.25, 0.3) is 10.0 Å². The van der Waals surface area contributed by atoms with Crippen LogP contribution >= 0.6 is 23.7 Å². The summed E-state index contributed by atoms with van der Waals surface area (Å²) in [7, 11) is -3.54. The van der Waals surface area contributed by atoms with Crippen molar-refractivity contribution in [3.63, 3.8) is 0 Å². The number of benzene rings is 1. The molecule has 1 aliphatic heterocycles. The van der Waals surface area contributed by atoms with Gasteiger partial charge in [0.15, 0.2) is 0 Å². The van der Waals surface area contributed by atoms with Crippen LogP contribution in [0, 0.1) is 0 Å². The van der Waals surface area contributed by atoms with Gasteiger partial charge in [-0.25, -0.2) is 8.42 Å². The van der Waals surface area contributed by atoms with E-state index in [9.17, 15) is 13.2 Å². The lowest BCUT2D eigenvalue weighted by atomic mass is 10.1. The maximum absolute atomic E-state index is 12.2. The first-order valence-electron chi connectivity index (χ1n) is 8.18. The molecule has 2 aromatic rings. The average Bonchev–Trinajstić information content (AvgIpc) is 3.13. The Morgan fingerprint density at radius 3 is 2.46 bits per heavy atom. The molecule has 0 bridgehead atoms. The third-order valence-corrected chi connectivity index (χ3v) is 6.81. The molecule has 0 atom stereocenters. The normalized spacial score (nSPS) is 15.1. The molecule has 1 aliphatic rings. The second-order valence-electron chi connectivity index (χ2n) is 6.00. The summed E-state index contributed by atoms with van der Waals surface area (Å²) < 4.78 is 27.2. The van der Waals surface area contributed by atoms with Gasteiger partial charge in [-0.2, -0.15) is 0 Å². The van der Waals surface area contributed by atoms with E-state index >= 15 is 0 Å². The van der Waals surface area contributed by atoms with E-state index in [1.807, 2.05) is 0 Å². The van der Waals surface area contributed by atoms with Crippen LogP contribution in [0.4, 0.5) is 5.69 Å². The minimum atomic E-state index is -3.54. The Kier molecular flexibility index (Phi) is 7.45. The topological polar surface area (TPSA) is 87.3 Å². The molecular weight excluding hydrogens is 394 g/mol. The molecule has 0 radical (unpaired) electrons. The molecule has 1 aromatic carbocycles. The Morgan fingerprint density at radius 1 is 1.15 bits per heavy atom. The Hall–Kier alpha value is -1.61. The van der Waals surface area contributed by atoms with E-state index in [1.54, 1.807) is 41.8 Å².